The fourth-order valence-electron chi connectivity index (χ4n) is 2.71. The lowest BCUT2D eigenvalue weighted by molar-refractivity contribution is 0.0143. The van der Waals surface area contributed by atoms with E-state index < -0.39 is 5.82 Å². The second-order valence-electron chi connectivity index (χ2n) is 5.47. The van der Waals surface area contributed by atoms with Crippen LogP contribution in [-0.4, -0.2) is 42.7 Å². The van der Waals surface area contributed by atoms with Crippen LogP contribution in [0, 0.1) is 12.7 Å². The summed E-state index contributed by atoms with van der Waals surface area (Å²) in [5.41, 5.74) is 0.267. The van der Waals surface area contributed by atoms with Crippen LogP contribution in [0.4, 0.5) is 10.1 Å². The summed E-state index contributed by atoms with van der Waals surface area (Å²) in [5, 5.41) is 3.36. The Kier molecular flexibility index (Phi) is 5.15. The average Bonchev–Trinajstić information content (AvgIpc) is 2.97. The largest absolute Gasteiger partial charge is 0.465 e. The van der Waals surface area contributed by atoms with Gasteiger partial charge in [0.15, 0.2) is 5.82 Å². The highest BCUT2D eigenvalue weighted by molar-refractivity contribution is 6.33. The van der Waals surface area contributed by atoms with E-state index >= 15 is 0 Å². The zero-order valence-electron chi connectivity index (χ0n) is 12.9. The Bertz CT molecular complexity index is 638. The molecule has 124 valence electrons. The highest BCUT2D eigenvalue weighted by Crippen LogP contribution is 2.28. The van der Waals surface area contributed by atoms with Gasteiger partial charge in [-0.15, -0.1) is 0 Å². The van der Waals surface area contributed by atoms with Gasteiger partial charge in [0.2, 0.25) is 0 Å². The number of anilines is 1. The quantitative estimate of drug-likeness (QED) is 0.906. The molecule has 3 rings (SSSR count). The molecule has 0 amide bonds. The number of morpholine rings is 1. The Morgan fingerprint density at radius 3 is 2.78 bits per heavy atom. The molecule has 0 aliphatic carbocycles. The molecule has 0 aromatic carbocycles. The Balaban J connectivity index is 1.78. The van der Waals surface area contributed by atoms with Gasteiger partial charge in [-0.25, -0.2) is 4.39 Å². The van der Waals surface area contributed by atoms with Gasteiger partial charge in [-0.2, -0.15) is 0 Å². The van der Waals surface area contributed by atoms with Crippen LogP contribution in [0.5, 0.6) is 0 Å². The van der Waals surface area contributed by atoms with Crippen molar-refractivity contribution in [1.82, 2.24) is 9.88 Å². The standard InChI is InChI=1S/C16H19ClFN3O2/c1-11-2-3-15(23-11)14(21-4-6-22-7-5-21)10-20-16-12(17)8-19-9-13(16)18/h2-3,8-9,14H,4-7,10H2,1H3,(H,19,20). The Hall–Kier alpha value is -1.63. The van der Waals surface area contributed by atoms with Crippen molar-refractivity contribution in [2.45, 2.75) is 13.0 Å². The van der Waals surface area contributed by atoms with Gasteiger partial charge in [-0.05, 0) is 19.1 Å². The number of nitrogens with zero attached hydrogens (tertiary/aromatic N) is 2. The van der Waals surface area contributed by atoms with E-state index in [0.717, 1.165) is 30.8 Å². The van der Waals surface area contributed by atoms with E-state index in [1.54, 1.807) is 0 Å². The van der Waals surface area contributed by atoms with Crippen molar-refractivity contribution in [3.05, 3.63) is 46.9 Å². The molecular formula is C16H19ClFN3O2. The zero-order valence-corrected chi connectivity index (χ0v) is 13.6. The predicted octanol–water partition coefficient (Wildman–Crippen LogP) is 3.26. The number of halogens is 2. The third-order valence-electron chi connectivity index (χ3n) is 3.90. The maximum Gasteiger partial charge on any atom is 0.166 e. The third-order valence-corrected chi connectivity index (χ3v) is 4.19. The number of hydrogen-bond acceptors (Lipinski definition) is 5. The van der Waals surface area contributed by atoms with Crippen LogP contribution in [0.15, 0.2) is 28.9 Å². The summed E-state index contributed by atoms with van der Waals surface area (Å²) in [6, 6.07) is 3.88. The highest BCUT2D eigenvalue weighted by Gasteiger charge is 2.25. The van der Waals surface area contributed by atoms with E-state index in [0.29, 0.717) is 19.8 Å². The molecule has 1 unspecified atom stereocenters. The van der Waals surface area contributed by atoms with Gasteiger partial charge in [0, 0.05) is 25.8 Å². The summed E-state index contributed by atoms with van der Waals surface area (Å²) in [5.74, 6) is 1.24. The van der Waals surface area contributed by atoms with E-state index in [-0.39, 0.29) is 16.8 Å². The number of hydrogen-bond donors (Lipinski definition) is 1. The minimum absolute atomic E-state index is 0.0174. The maximum atomic E-state index is 13.9. The van der Waals surface area contributed by atoms with Gasteiger partial charge >= 0.3 is 0 Å². The monoisotopic (exact) mass is 339 g/mol. The van der Waals surface area contributed by atoms with Gasteiger partial charge in [0.25, 0.3) is 0 Å². The SMILES string of the molecule is Cc1ccc(C(CNc2c(F)cncc2Cl)N2CCOCC2)o1. The lowest BCUT2D eigenvalue weighted by Gasteiger charge is -2.33. The summed E-state index contributed by atoms with van der Waals surface area (Å²) in [6.07, 6.45) is 2.57. The first-order chi connectivity index (χ1) is 11.1. The highest BCUT2D eigenvalue weighted by atomic mass is 35.5. The van der Waals surface area contributed by atoms with Crippen LogP contribution in [0.3, 0.4) is 0 Å². The molecule has 2 aromatic rings. The molecular weight excluding hydrogens is 321 g/mol. The number of nitrogens with one attached hydrogen (secondary N) is 1. The molecule has 3 heterocycles. The maximum absolute atomic E-state index is 13.9. The van der Waals surface area contributed by atoms with Crippen LogP contribution >= 0.6 is 11.6 Å². The molecule has 0 saturated carbocycles. The predicted molar refractivity (Wildman–Crippen MR) is 86.3 cm³/mol. The summed E-state index contributed by atoms with van der Waals surface area (Å²) < 4.78 is 25.1. The summed E-state index contributed by atoms with van der Waals surface area (Å²) >= 11 is 6.03. The fourth-order valence-corrected chi connectivity index (χ4v) is 2.92. The number of aryl methyl sites for hydroxylation is 1. The van der Waals surface area contributed by atoms with E-state index in [4.69, 9.17) is 20.8 Å². The molecule has 7 heteroatoms. The molecule has 0 radical (unpaired) electrons. The van der Waals surface area contributed by atoms with Crippen molar-refractivity contribution in [3.63, 3.8) is 0 Å². The molecule has 23 heavy (non-hydrogen) atoms. The van der Waals surface area contributed by atoms with Gasteiger partial charge in [0.05, 0.1) is 36.2 Å². The number of furan rings is 1. The summed E-state index contributed by atoms with van der Waals surface area (Å²) in [6.45, 7) is 5.36. The van der Waals surface area contributed by atoms with Gasteiger partial charge in [-0.3, -0.25) is 9.88 Å². The Morgan fingerprint density at radius 1 is 1.35 bits per heavy atom. The zero-order chi connectivity index (χ0) is 16.2. The van der Waals surface area contributed by atoms with E-state index in [9.17, 15) is 4.39 Å². The Labute approximate surface area is 139 Å². The normalized spacial score (nSPS) is 17.2. The second kappa shape index (κ2) is 7.29. The molecule has 1 aliphatic heterocycles. The number of pyridine rings is 1. The lowest BCUT2D eigenvalue weighted by Crippen LogP contribution is -2.41. The topological polar surface area (TPSA) is 50.5 Å². The minimum atomic E-state index is -0.464. The smallest absolute Gasteiger partial charge is 0.166 e. The van der Waals surface area contributed by atoms with Gasteiger partial charge in [0.1, 0.15) is 11.5 Å². The molecule has 1 aliphatic rings. The Morgan fingerprint density at radius 2 is 2.13 bits per heavy atom. The average molecular weight is 340 g/mol. The van der Waals surface area contributed by atoms with Crippen LogP contribution < -0.4 is 5.32 Å². The van der Waals surface area contributed by atoms with E-state index in [2.05, 4.69) is 15.2 Å². The van der Waals surface area contributed by atoms with Crippen LogP contribution in [-0.2, 0) is 4.74 Å². The van der Waals surface area contributed by atoms with Crippen molar-refractivity contribution in [2.24, 2.45) is 0 Å². The third kappa shape index (κ3) is 3.83. The second-order valence-corrected chi connectivity index (χ2v) is 5.88. The van der Waals surface area contributed by atoms with Crippen LogP contribution in [0.1, 0.15) is 17.6 Å². The minimum Gasteiger partial charge on any atom is -0.465 e. The molecule has 2 aromatic heterocycles. The van der Waals surface area contributed by atoms with Crippen molar-refractivity contribution >= 4 is 17.3 Å². The van der Waals surface area contributed by atoms with Crippen molar-refractivity contribution in [2.75, 3.05) is 38.2 Å². The molecule has 5 nitrogen and oxygen atoms in total. The van der Waals surface area contributed by atoms with Crippen molar-refractivity contribution in [3.8, 4) is 0 Å². The van der Waals surface area contributed by atoms with Crippen LogP contribution in [0.2, 0.25) is 5.02 Å². The number of rotatable bonds is 5. The van der Waals surface area contributed by atoms with Crippen molar-refractivity contribution in [1.29, 1.82) is 0 Å². The van der Waals surface area contributed by atoms with Gasteiger partial charge in [-0.1, -0.05) is 11.6 Å². The molecule has 1 atom stereocenters. The molecule has 0 spiro atoms. The fraction of sp³-hybridized carbons (Fsp3) is 0.438. The van der Waals surface area contributed by atoms with Crippen molar-refractivity contribution < 1.29 is 13.5 Å². The van der Waals surface area contributed by atoms with E-state index in [1.807, 2.05) is 19.1 Å². The lowest BCUT2D eigenvalue weighted by atomic mass is 10.1. The molecule has 1 saturated heterocycles. The van der Waals surface area contributed by atoms with Gasteiger partial charge < -0.3 is 14.5 Å². The van der Waals surface area contributed by atoms with E-state index in [1.165, 1.54) is 6.20 Å². The summed E-state index contributed by atoms with van der Waals surface area (Å²) in [7, 11) is 0. The number of ether oxygens (including phenoxy) is 1. The van der Waals surface area contributed by atoms with Crippen LogP contribution in [0.25, 0.3) is 0 Å². The molecule has 1 N–H and O–H groups in total. The number of aromatic nitrogens is 1. The first-order valence-corrected chi connectivity index (χ1v) is 7.94. The molecule has 0 bridgehead atoms. The molecule has 1 fully saturated rings. The summed E-state index contributed by atoms with van der Waals surface area (Å²) in [4.78, 5) is 6.00. The first-order valence-electron chi connectivity index (χ1n) is 7.56. The first kappa shape index (κ1) is 16.2.